The summed E-state index contributed by atoms with van der Waals surface area (Å²) in [5.74, 6) is 0.0319. The van der Waals surface area contributed by atoms with E-state index < -0.39 is 0 Å². The molecule has 2 aromatic rings. The lowest BCUT2D eigenvalue weighted by Gasteiger charge is -1.94. The molecular formula is C15H15OP. The number of ketones is 1. The van der Waals surface area contributed by atoms with Crippen molar-refractivity contribution >= 4 is 21.8 Å². The Labute approximate surface area is 105 Å². The molecule has 0 aliphatic rings. The molecule has 1 unspecified atom stereocenters. The van der Waals surface area contributed by atoms with E-state index >= 15 is 0 Å². The van der Waals surface area contributed by atoms with E-state index in [0.29, 0.717) is 0 Å². The highest BCUT2D eigenvalue weighted by molar-refractivity contribution is 6.92. The fourth-order valence-electron chi connectivity index (χ4n) is 1.43. The van der Waals surface area contributed by atoms with Gasteiger partial charge in [0.05, 0.1) is 0 Å². The molecule has 86 valence electrons. The largest absolute Gasteiger partial charge is 0.289 e. The summed E-state index contributed by atoms with van der Waals surface area (Å²) in [4.78, 5) is 11.7. The van der Waals surface area contributed by atoms with Crippen molar-refractivity contribution in [2.24, 2.45) is 0 Å². The van der Waals surface area contributed by atoms with E-state index in [0.717, 1.165) is 11.1 Å². The first-order valence-corrected chi connectivity index (χ1v) is 5.19. The number of carbonyl (C=O) groups is 1. The highest BCUT2D eigenvalue weighted by atomic mass is 31.0. The molecule has 17 heavy (non-hydrogen) atoms. The molecule has 0 bridgehead atoms. The Kier molecular flexibility index (Phi) is 5.32. The van der Waals surface area contributed by atoms with Gasteiger partial charge in [0.25, 0.3) is 0 Å². The highest BCUT2D eigenvalue weighted by Crippen LogP contribution is 2.05. The topological polar surface area (TPSA) is 17.1 Å². The van der Waals surface area contributed by atoms with E-state index in [4.69, 9.17) is 0 Å². The smallest absolute Gasteiger partial charge is 0.185 e. The summed E-state index contributed by atoms with van der Waals surface area (Å²) < 4.78 is 0. The standard InChI is InChI=1S/C15H12O.H3P/c16-15(14-9-5-2-6-10-14)12-11-13-7-3-1-4-8-13;/h1-12H;1H3/b12-11+;. The Morgan fingerprint density at radius 2 is 1.35 bits per heavy atom. The maximum atomic E-state index is 11.7. The van der Waals surface area contributed by atoms with Crippen molar-refractivity contribution in [2.45, 2.75) is 0 Å². The van der Waals surface area contributed by atoms with E-state index in [-0.39, 0.29) is 15.7 Å². The van der Waals surface area contributed by atoms with Crippen molar-refractivity contribution in [2.75, 3.05) is 0 Å². The van der Waals surface area contributed by atoms with Gasteiger partial charge in [0.15, 0.2) is 5.78 Å². The quantitative estimate of drug-likeness (QED) is 0.456. The Hall–Kier alpha value is -1.72. The van der Waals surface area contributed by atoms with Gasteiger partial charge >= 0.3 is 0 Å². The Morgan fingerprint density at radius 3 is 1.94 bits per heavy atom. The summed E-state index contributed by atoms with van der Waals surface area (Å²) in [7, 11) is 0. The molecule has 2 rings (SSSR count). The van der Waals surface area contributed by atoms with E-state index in [2.05, 4.69) is 0 Å². The number of benzene rings is 2. The summed E-state index contributed by atoms with van der Waals surface area (Å²) >= 11 is 0. The van der Waals surface area contributed by atoms with Gasteiger partial charge in [-0.3, -0.25) is 4.79 Å². The minimum Gasteiger partial charge on any atom is -0.289 e. The van der Waals surface area contributed by atoms with Crippen LogP contribution in [0.1, 0.15) is 15.9 Å². The molecule has 0 aromatic heterocycles. The molecule has 1 nitrogen and oxygen atoms in total. The molecule has 0 saturated carbocycles. The van der Waals surface area contributed by atoms with Gasteiger partial charge in [-0.05, 0) is 11.6 Å². The Balaban J connectivity index is 0.00000144. The average Bonchev–Trinajstić information content (AvgIpc) is 2.38. The Bertz CT molecular complexity index is 489. The third-order valence-electron chi connectivity index (χ3n) is 2.29. The first-order valence-electron chi connectivity index (χ1n) is 5.19. The SMILES string of the molecule is O=C(/C=C/c1ccccc1)c1ccccc1.P. The van der Waals surface area contributed by atoms with Crippen molar-refractivity contribution in [3.8, 4) is 0 Å². The predicted octanol–water partition coefficient (Wildman–Crippen LogP) is 3.64. The monoisotopic (exact) mass is 242 g/mol. The van der Waals surface area contributed by atoms with Crippen molar-refractivity contribution in [3.05, 3.63) is 77.9 Å². The van der Waals surface area contributed by atoms with Crippen molar-refractivity contribution < 1.29 is 4.79 Å². The molecule has 0 saturated heterocycles. The maximum Gasteiger partial charge on any atom is 0.185 e. The zero-order chi connectivity index (χ0) is 11.2. The normalized spacial score (nSPS) is 9.88. The van der Waals surface area contributed by atoms with Crippen molar-refractivity contribution in [1.82, 2.24) is 0 Å². The van der Waals surface area contributed by atoms with Crippen LogP contribution in [0.25, 0.3) is 6.08 Å². The van der Waals surface area contributed by atoms with E-state index in [1.54, 1.807) is 6.08 Å². The second-order valence-corrected chi connectivity index (χ2v) is 3.47. The van der Waals surface area contributed by atoms with Crippen molar-refractivity contribution in [1.29, 1.82) is 0 Å². The molecule has 0 radical (unpaired) electrons. The second kappa shape index (κ2) is 6.78. The molecule has 2 heteroatoms. The van der Waals surface area contributed by atoms with Gasteiger partial charge in [-0.15, -0.1) is 0 Å². The predicted molar refractivity (Wildman–Crippen MR) is 77.4 cm³/mol. The van der Waals surface area contributed by atoms with Crippen LogP contribution >= 0.6 is 9.90 Å². The first-order chi connectivity index (χ1) is 7.86. The fraction of sp³-hybridized carbons (Fsp3) is 0. The maximum absolute atomic E-state index is 11.7. The molecule has 0 aliphatic carbocycles. The molecule has 0 fully saturated rings. The van der Waals surface area contributed by atoms with Crippen LogP contribution in [0, 0.1) is 0 Å². The molecule has 1 atom stereocenters. The van der Waals surface area contributed by atoms with E-state index in [1.807, 2.05) is 66.7 Å². The molecule has 0 N–H and O–H groups in total. The number of allylic oxidation sites excluding steroid dienone is 1. The van der Waals surface area contributed by atoms with Gasteiger partial charge < -0.3 is 0 Å². The summed E-state index contributed by atoms with van der Waals surface area (Å²) in [5, 5.41) is 0. The van der Waals surface area contributed by atoms with Gasteiger partial charge in [-0.25, -0.2) is 0 Å². The summed E-state index contributed by atoms with van der Waals surface area (Å²) in [6, 6.07) is 19.1. The summed E-state index contributed by atoms with van der Waals surface area (Å²) in [6.45, 7) is 0. The number of carbonyl (C=O) groups excluding carboxylic acids is 1. The van der Waals surface area contributed by atoms with Crippen LogP contribution in [0.3, 0.4) is 0 Å². The lowest BCUT2D eigenvalue weighted by atomic mass is 10.1. The minimum atomic E-state index is 0. The van der Waals surface area contributed by atoms with Crippen LogP contribution < -0.4 is 0 Å². The number of rotatable bonds is 3. The summed E-state index contributed by atoms with van der Waals surface area (Å²) in [6.07, 6.45) is 3.43. The van der Waals surface area contributed by atoms with Crippen LogP contribution in [0.15, 0.2) is 66.7 Å². The van der Waals surface area contributed by atoms with Crippen LogP contribution in [0.4, 0.5) is 0 Å². The van der Waals surface area contributed by atoms with Crippen LogP contribution in [0.2, 0.25) is 0 Å². The lowest BCUT2D eigenvalue weighted by Crippen LogP contribution is -1.92. The third-order valence-corrected chi connectivity index (χ3v) is 2.29. The lowest BCUT2D eigenvalue weighted by molar-refractivity contribution is 0.104. The third kappa shape index (κ3) is 3.97. The van der Waals surface area contributed by atoms with Crippen LogP contribution in [0.5, 0.6) is 0 Å². The second-order valence-electron chi connectivity index (χ2n) is 3.47. The van der Waals surface area contributed by atoms with Gasteiger partial charge in [0, 0.05) is 5.56 Å². The first kappa shape index (κ1) is 13.3. The Morgan fingerprint density at radius 1 is 0.824 bits per heavy atom. The number of hydrogen-bond acceptors (Lipinski definition) is 1. The van der Waals surface area contributed by atoms with Gasteiger partial charge in [0.1, 0.15) is 0 Å². The zero-order valence-corrected chi connectivity index (χ0v) is 11.0. The number of hydrogen-bond donors (Lipinski definition) is 0. The molecule has 0 amide bonds. The van der Waals surface area contributed by atoms with Crippen molar-refractivity contribution in [3.63, 3.8) is 0 Å². The van der Waals surface area contributed by atoms with Gasteiger partial charge in [-0.2, -0.15) is 9.90 Å². The minimum absolute atomic E-state index is 0. The fourth-order valence-corrected chi connectivity index (χ4v) is 1.43. The molecule has 0 spiro atoms. The molecule has 0 heterocycles. The average molecular weight is 242 g/mol. The molecular weight excluding hydrogens is 227 g/mol. The molecule has 2 aromatic carbocycles. The van der Waals surface area contributed by atoms with Gasteiger partial charge in [0.2, 0.25) is 0 Å². The zero-order valence-electron chi connectivity index (χ0n) is 9.54. The highest BCUT2D eigenvalue weighted by Gasteiger charge is 1.98. The van der Waals surface area contributed by atoms with E-state index in [9.17, 15) is 4.79 Å². The summed E-state index contributed by atoms with van der Waals surface area (Å²) in [5.41, 5.74) is 1.75. The van der Waals surface area contributed by atoms with Gasteiger partial charge in [-0.1, -0.05) is 66.7 Å². The van der Waals surface area contributed by atoms with Crippen LogP contribution in [-0.2, 0) is 0 Å². The van der Waals surface area contributed by atoms with E-state index in [1.165, 1.54) is 0 Å². The van der Waals surface area contributed by atoms with Crippen LogP contribution in [-0.4, -0.2) is 5.78 Å². The molecule has 0 aliphatic heterocycles.